The van der Waals surface area contributed by atoms with E-state index in [4.69, 9.17) is 4.74 Å². The van der Waals surface area contributed by atoms with E-state index in [2.05, 4.69) is 4.98 Å². The smallest absolute Gasteiger partial charge is 0.378 e. The van der Waals surface area contributed by atoms with Crippen LogP contribution in [-0.4, -0.2) is 61.8 Å². The molecule has 0 atom stereocenters. The molecule has 1 amide bonds. The molecule has 2 aromatic rings. The molecule has 29 heavy (non-hydrogen) atoms. The molecule has 0 N–H and O–H groups in total. The molecule has 0 unspecified atom stereocenters. The van der Waals surface area contributed by atoms with Gasteiger partial charge < -0.3 is 9.64 Å². The van der Waals surface area contributed by atoms with Crippen LogP contribution in [0.1, 0.15) is 21.1 Å². The second kappa shape index (κ2) is 8.38. The lowest BCUT2D eigenvalue weighted by Crippen LogP contribution is -2.50. The number of methoxy groups -OCH3 is 1. The fourth-order valence-electron chi connectivity index (χ4n) is 2.86. The van der Waals surface area contributed by atoms with Crippen molar-refractivity contribution in [3.63, 3.8) is 0 Å². The van der Waals surface area contributed by atoms with Crippen LogP contribution >= 0.6 is 11.3 Å². The molecule has 0 aliphatic carbocycles. The molecule has 0 saturated carbocycles. The summed E-state index contributed by atoms with van der Waals surface area (Å²) in [5.41, 5.74) is -0.635. The lowest BCUT2D eigenvalue weighted by atomic mass is 10.2. The van der Waals surface area contributed by atoms with Gasteiger partial charge in [-0.1, -0.05) is 0 Å². The standard InChI is InChI=1S/C17H18F3N3O4S2/c1-27-10-15-21-14(11-28-15)16(24)22-6-8-23(9-7-22)29(25,26)13-4-2-12(3-5-13)17(18,19)20/h2-5,11H,6-10H2,1H3. The molecule has 1 aromatic heterocycles. The van der Waals surface area contributed by atoms with E-state index in [1.54, 1.807) is 5.38 Å². The number of hydrogen-bond acceptors (Lipinski definition) is 6. The maximum Gasteiger partial charge on any atom is 0.416 e. The number of benzene rings is 1. The minimum Gasteiger partial charge on any atom is -0.378 e. The lowest BCUT2D eigenvalue weighted by molar-refractivity contribution is -0.137. The Labute approximate surface area is 169 Å². The molecule has 0 spiro atoms. The first-order chi connectivity index (χ1) is 13.6. The van der Waals surface area contributed by atoms with Crippen molar-refractivity contribution in [2.24, 2.45) is 0 Å². The van der Waals surface area contributed by atoms with Crippen molar-refractivity contribution in [2.75, 3.05) is 33.3 Å². The van der Waals surface area contributed by atoms with Crippen molar-refractivity contribution in [1.29, 1.82) is 0 Å². The van der Waals surface area contributed by atoms with E-state index in [1.807, 2.05) is 0 Å². The average molecular weight is 449 g/mol. The van der Waals surface area contributed by atoms with Gasteiger partial charge in [-0.15, -0.1) is 11.3 Å². The van der Waals surface area contributed by atoms with Crippen LogP contribution in [0.4, 0.5) is 13.2 Å². The summed E-state index contributed by atoms with van der Waals surface area (Å²) in [5.74, 6) is -0.296. The number of alkyl halides is 3. The predicted octanol–water partition coefficient (Wildman–Crippen LogP) is 2.46. The molecule has 7 nitrogen and oxygen atoms in total. The molecule has 158 valence electrons. The number of carbonyl (C=O) groups is 1. The Kier molecular flexibility index (Phi) is 6.27. The SMILES string of the molecule is COCc1nc(C(=O)N2CCN(S(=O)(=O)c3ccc(C(F)(F)F)cc3)CC2)cs1. The van der Waals surface area contributed by atoms with Gasteiger partial charge in [0.2, 0.25) is 10.0 Å². The second-order valence-electron chi connectivity index (χ2n) is 6.28. The summed E-state index contributed by atoms with van der Waals surface area (Å²) in [4.78, 5) is 18.0. The Balaban J connectivity index is 1.65. The number of rotatable bonds is 5. The predicted molar refractivity (Wildman–Crippen MR) is 98.9 cm³/mol. The van der Waals surface area contributed by atoms with Gasteiger partial charge in [-0.25, -0.2) is 13.4 Å². The highest BCUT2D eigenvalue weighted by molar-refractivity contribution is 7.89. The molecule has 2 heterocycles. The van der Waals surface area contributed by atoms with Crippen molar-refractivity contribution in [3.8, 4) is 0 Å². The van der Waals surface area contributed by atoms with E-state index in [0.717, 1.165) is 28.6 Å². The first kappa shape index (κ1) is 21.7. The second-order valence-corrected chi connectivity index (χ2v) is 9.16. The largest absolute Gasteiger partial charge is 0.416 e. The van der Waals surface area contributed by atoms with Crippen LogP contribution in [0, 0.1) is 0 Å². The number of thiazole rings is 1. The third kappa shape index (κ3) is 4.77. The number of amides is 1. The summed E-state index contributed by atoms with van der Waals surface area (Å²) in [7, 11) is -2.42. The zero-order valence-corrected chi connectivity index (χ0v) is 17.0. The summed E-state index contributed by atoms with van der Waals surface area (Å²) in [6.45, 7) is 0.719. The fourth-order valence-corrected chi connectivity index (χ4v) is 5.02. The van der Waals surface area contributed by atoms with Crippen LogP contribution in [0.3, 0.4) is 0 Å². The van der Waals surface area contributed by atoms with Crippen LogP contribution < -0.4 is 0 Å². The molecule has 1 saturated heterocycles. The number of nitrogens with zero attached hydrogens (tertiary/aromatic N) is 3. The molecule has 1 aliphatic rings. The highest BCUT2D eigenvalue weighted by Gasteiger charge is 2.33. The number of ether oxygens (including phenoxy) is 1. The Morgan fingerprint density at radius 2 is 1.79 bits per heavy atom. The third-order valence-corrected chi connectivity index (χ3v) is 7.12. The molecule has 1 aliphatic heterocycles. The van der Waals surface area contributed by atoms with E-state index in [9.17, 15) is 26.4 Å². The van der Waals surface area contributed by atoms with E-state index in [0.29, 0.717) is 11.6 Å². The highest BCUT2D eigenvalue weighted by atomic mass is 32.2. The quantitative estimate of drug-likeness (QED) is 0.701. The van der Waals surface area contributed by atoms with Gasteiger partial charge >= 0.3 is 6.18 Å². The van der Waals surface area contributed by atoms with Crippen LogP contribution in [0.15, 0.2) is 34.5 Å². The summed E-state index contributed by atoms with van der Waals surface area (Å²) < 4.78 is 69.5. The molecule has 1 aromatic carbocycles. The normalized spacial score (nSPS) is 16.2. The molecular formula is C17H18F3N3O4S2. The Morgan fingerprint density at radius 3 is 2.34 bits per heavy atom. The first-order valence-electron chi connectivity index (χ1n) is 8.53. The summed E-state index contributed by atoms with van der Waals surface area (Å²) >= 11 is 1.30. The van der Waals surface area contributed by atoms with Gasteiger partial charge in [-0.3, -0.25) is 4.79 Å². The summed E-state index contributed by atoms with van der Waals surface area (Å²) in [5, 5.41) is 2.29. The fraction of sp³-hybridized carbons (Fsp3) is 0.412. The molecular weight excluding hydrogens is 431 g/mol. The number of piperazine rings is 1. The Morgan fingerprint density at radius 1 is 1.17 bits per heavy atom. The van der Waals surface area contributed by atoms with Gasteiger partial charge in [-0.05, 0) is 24.3 Å². The van der Waals surface area contributed by atoms with Gasteiger partial charge in [0, 0.05) is 38.7 Å². The molecule has 1 fully saturated rings. The van der Waals surface area contributed by atoms with Crippen molar-refractivity contribution >= 4 is 27.3 Å². The molecule has 12 heteroatoms. The number of hydrogen-bond donors (Lipinski definition) is 0. The zero-order chi connectivity index (χ0) is 21.2. The highest BCUT2D eigenvalue weighted by Crippen LogP contribution is 2.30. The minimum absolute atomic E-state index is 0.0458. The first-order valence-corrected chi connectivity index (χ1v) is 10.8. The minimum atomic E-state index is -4.53. The third-order valence-electron chi connectivity index (χ3n) is 4.38. The van der Waals surface area contributed by atoms with Crippen molar-refractivity contribution in [1.82, 2.24) is 14.2 Å². The topological polar surface area (TPSA) is 79.8 Å². The average Bonchev–Trinajstić information content (AvgIpc) is 3.16. The van der Waals surface area contributed by atoms with Gasteiger partial charge in [0.15, 0.2) is 0 Å². The number of sulfonamides is 1. The van der Waals surface area contributed by atoms with Crippen LogP contribution in [0.25, 0.3) is 0 Å². The lowest BCUT2D eigenvalue weighted by Gasteiger charge is -2.33. The summed E-state index contributed by atoms with van der Waals surface area (Å²) in [6.07, 6.45) is -4.53. The maximum atomic E-state index is 12.7. The summed E-state index contributed by atoms with van der Waals surface area (Å²) in [6, 6.07) is 3.38. The van der Waals surface area contributed by atoms with Crippen molar-refractivity contribution in [2.45, 2.75) is 17.7 Å². The van der Waals surface area contributed by atoms with Gasteiger partial charge in [0.25, 0.3) is 5.91 Å². The number of aromatic nitrogens is 1. The Hall–Kier alpha value is -2.02. The van der Waals surface area contributed by atoms with Gasteiger partial charge in [0.1, 0.15) is 10.7 Å². The van der Waals surface area contributed by atoms with Crippen LogP contribution in [-0.2, 0) is 27.5 Å². The van der Waals surface area contributed by atoms with Crippen molar-refractivity contribution < 1.29 is 31.1 Å². The van der Waals surface area contributed by atoms with Crippen molar-refractivity contribution in [3.05, 3.63) is 45.9 Å². The van der Waals surface area contributed by atoms with E-state index in [1.165, 1.54) is 23.3 Å². The Bertz CT molecular complexity index is 967. The zero-order valence-electron chi connectivity index (χ0n) is 15.3. The van der Waals surface area contributed by atoms with E-state index < -0.39 is 21.8 Å². The monoisotopic (exact) mass is 449 g/mol. The van der Waals surface area contributed by atoms with Gasteiger partial charge in [0.05, 0.1) is 17.1 Å². The maximum absolute atomic E-state index is 12.7. The number of carbonyl (C=O) groups excluding carboxylic acids is 1. The van der Waals surface area contributed by atoms with Crippen LogP contribution in [0.2, 0.25) is 0 Å². The molecule has 3 rings (SSSR count). The van der Waals surface area contributed by atoms with Crippen LogP contribution in [0.5, 0.6) is 0 Å². The van der Waals surface area contributed by atoms with E-state index in [-0.39, 0.29) is 42.7 Å². The number of halogens is 3. The molecule has 0 radical (unpaired) electrons. The molecule has 0 bridgehead atoms. The van der Waals surface area contributed by atoms with Gasteiger partial charge in [-0.2, -0.15) is 17.5 Å². The van der Waals surface area contributed by atoms with E-state index >= 15 is 0 Å².